The Morgan fingerprint density at radius 1 is 1.17 bits per heavy atom. The zero-order chi connectivity index (χ0) is 21.1. The van der Waals surface area contributed by atoms with E-state index in [1.54, 1.807) is 0 Å². The number of aldehydes is 1. The second-order valence-corrected chi connectivity index (χ2v) is 7.56. The van der Waals surface area contributed by atoms with E-state index in [0.29, 0.717) is 12.2 Å². The van der Waals surface area contributed by atoms with E-state index >= 15 is 0 Å². The lowest BCUT2D eigenvalue weighted by molar-refractivity contribution is 0.111. The highest BCUT2D eigenvalue weighted by Gasteiger charge is 2.30. The predicted molar refractivity (Wildman–Crippen MR) is 112 cm³/mol. The number of amides is 1. The van der Waals surface area contributed by atoms with Crippen LogP contribution >= 0.6 is 0 Å². The summed E-state index contributed by atoms with van der Waals surface area (Å²) in [6.07, 6.45) is 2.17. The second-order valence-electron chi connectivity index (χ2n) is 7.56. The molecule has 1 N–H and O–H groups in total. The molecule has 1 aliphatic rings. The van der Waals surface area contributed by atoms with Crippen LogP contribution in [0.2, 0.25) is 0 Å². The summed E-state index contributed by atoms with van der Waals surface area (Å²) in [5, 5.41) is 2.86. The van der Waals surface area contributed by atoms with E-state index in [-0.39, 0.29) is 24.1 Å². The Balaban J connectivity index is 1.48. The van der Waals surface area contributed by atoms with Crippen molar-refractivity contribution in [3.8, 4) is 11.1 Å². The highest BCUT2D eigenvalue weighted by Crippen LogP contribution is 2.44. The van der Waals surface area contributed by atoms with Crippen LogP contribution in [0.4, 0.5) is 4.79 Å². The fraction of sp³-hybridized carbons (Fsp3) is 0.292. The number of ether oxygens (including phenoxy) is 1. The van der Waals surface area contributed by atoms with Crippen molar-refractivity contribution in [3.63, 3.8) is 0 Å². The molecule has 1 unspecified atom stereocenters. The van der Waals surface area contributed by atoms with Crippen molar-refractivity contribution >= 4 is 12.4 Å². The minimum Gasteiger partial charge on any atom is -0.449 e. The third kappa shape index (κ3) is 3.73. The van der Waals surface area contributed by atoms with Gasteiger partial charge in [-0.2, -0.15) is 0 Å². The maximum atomic E-state index is 12.6. The molecule has 3 aromatic rings. The predicted octanol–water partition coefficient (Wildman–Crippen LogP) is 5.11. The summed E-state index contributed by atoms with van der Waals surface area (Å²) in [6.45, 7) is 4.23. The third-order valence-corrected chi connectivity index (χ3v) is 5.76. The van der Waals surface area contributed by atoms with Gasteiger partial charge < -0.3 is 14.5 Å². The summed E-state index contributed by atoms with van der Waals surface area (Å²) in [5.74, 6) is 0.359. The minimum atomic E-state index is -0.534. The van der Waals surface area contributed by atoms with E-state index < -0.39 is 12.1 Å². The molecule has 6 nitrogen and oxygen atoms in total. The van der Waals surface area contributed by atoms with Gasteiger partial charge in [-0.1, -0.05) is 68.8 Å². The number of benzene rings is 2. The van der Waals surface area contributed by atoms with Gasteiger partial charge in [0.15, 0.2) is 6.29 Å². The minimum absolute atomic E-state index is 0.00592. The van der Waals surface area contributed by atoms with Gasteiger partial charge in [0.2, 0.25) is 5.89 Å². The molecule has 1 aromatic heterocycles. The molecule has 2 aromatic carbocycles. The van der Waals surface area contributed by atoms with Crippen molar-refractivity contribution in [2.45, 2.75) is 32.2 Å². The Morgan fingerprint density at radius 2 is 1.80 bits per heavy atom. The first-order valence-electron chi connectivity index (χ1n) is 10.1. The topological polar surface area (TPSA) is 81.4 Å². The molecule has 0 bridgehead atoms. The number of alkyl carbamates (subject to hydrolysis) is 1. The Morgan fingerprint density at radius 3 is 2.37 bits per heavy atom. The molecule has 2 atom stereocenters. The summed E-state index contributed by atoms with van der Waals surface area (Å²) in [4.78, 5) is 27.7. The number of fused-ring (bicyclic) bond motifs is 3. The fourth-order valence-electron chi connectivity index (χ4n) is 3.95. The Hall–Kier alpha value is -3.41. The average Bonchev–Trinajstić information content (AvgIpc) is 3.38. The maximum absolute atomic E-state index is 12.6. The highest BCUT2D eigenvalue weighted by atomic mass is 16.5. The lowest BCUT2D eigenvalue weighted by Crippen LogP contribution is -2.34. The SMILES string of the molecule is CC[C@@H](C)C(NC(=O)OCC1c2ccccc2-c2ccccc21)c1nc(C=O)co1. The van der Waals surface area contributed by atoms with Crippen LogP contribution in [0.15, 0.2) is 59.2 Å². The zero-order valence-corrected chi connectivity index (χ0v) is 17.0. The quantitative estimate of drug-likeness (QED) is 0.553. The summed E-state index contributed by atoms with van der Waals surface area (Å²) >= 11 is 0. The second kappa shape index (κ2) is 8.53. The summed E-state index contributed by atoms with van der Waals surface area (Å²) in [7, 11) is 0. The maximum Gasteiger partial charge on any atom is 0.407 e. The monoisotopic (exact) mass is 404 g/mol. The molecule has 0 saturated heterocycles. The van der Waals surface area contributed by atoms with Gasteiger partial charge in [0, 0.05) is 5.92 Å². The molecule has 6 heteroatoms. The van der Waals surface area contributed by atoms with Crippen LogP contribution < -0.4 is 5.32 Å². The largest absolute Gasteiger partial charge is 0.449 e. The Labute approximate surface area is 175 Å². The van der Waals surface area contributed by atoms with Crippen molar-refractivity contribution in [1.29, 1.82) is 0 Å². The molecule has 1 heterocycles. The van der Waals surface area contributed by atoms with E-state index in [1.165, 1.54) is 17.4 Å². The molecule has 0 spiro atoms. The Kier molecular flexibility index (Phi) is 5.65. The van der Waals surface area contributed by atoms with Crippen LogP contribution in [-0.2, 0) is 4.74 Å². The molecule has 1 aliphatic carbocycles. The first-order chi connectivity index (χ1) is 14.6. The number of hydrogen-bond donors (Lipinski definition) is 1. The number of nitrogens with zero attached hydrogens (tertiary/aromatic N) is 1. The normalized spacial score (nSPS) is 14.5. The van der Waals surface area contributed by atoms with Crippen LogP contribution in [0.5, 0.6) is 0 Å². The standard InChI is InChI=1S/C24H24N2O4/c1-3-15(2)22(23-25-16(12-27)13-29-23)26-24(28)30-14-21-19-10-6-4-8-17(19)18-9-5-7-11-20(18)21/h4-13,15,21-22H,3,14H2,1-2H3,(H,26,28)/t15-,22?/m1/s1. The van der Waals surface area contributed by atoms with Gasteiger partial charge in [-0.05, 0) is 28.2 Å². The number of rotatable bonds is 7. The molecule has 154 valence electrons. The molecule has 0 saturated carbocycles. The van der Waals surface area contributed by atoms with Crippen LogP contribution in [-0.4, -0.2) is 24.0 Å². The Bertz CT molecular complexity index is 1010. The van der Waals surface area contributed by atoms with Gasteiger partial charge in [0.05, 0.1) is 0 Å². The van der Waals surface area contributed by atoms with Crippen LogP contribution in [0.3, 0.4) is 0 Å². The number of oxazole rings is 1. The van der Waals surface area contributed by atoms with E-state index in [2.05, 4.69) is 34.6 Å². The first kappa shape index (κ1) is 19.9. The van der Waals surface area contributed by atoms with Crippen LogP contribution in [0, 0.1) is 5.92 Å². The molecule has 0 fully saturated rings. The smallest absolute Gasteiger partial charge is 0.407 e. The fourth-order valence-corrected chi connectivity index (χ4v) is 3.95. The number of aromatic nitrogens is 1. The average molecular weight is 404 g/mol. The molecule has 30 heavy (non-hydrogen) atoms. The summed E-state index contributed by atoms with van der Waals surface area (Å²) < 4.78 is 11.0. The highest BCUT2D eigenvalue weighted by molar-refractivity contribution is 5.79. The molecular weight excluding hydrogens is 380 g/mol. The number of hydrogen-bond acceptors (Lipinski definition) is 5. The van der Waals surface area contributed by atoms with E-state index in [1.807, 2.05) is 38.1 Å². The van der Waals surface area contributed by atoms with Crippen molar-refractivity contribution in [3.05, 3.63) is 77.5 Å². The van der Waals surface area contributed by atoms with Crippen molar-refractivity contribution in [1.82, 2.24) is 10.3 Å². The van der Waals surface area contributed by atoms with Gasteiger partial charge >= 0.3 is 6.09 Å². The summed E-state index contributed by atoms with van der Waals surface area (Å²) in [5.41, 5.74) is 4.88. The van der Waals surface area contributed by atoms with E-state index in [0.717, 1.165) is 17.5 Å². The lowest BCUT2D eigenvalue weighted by Gasteiger charge is -2.22. The van der Waals surface area contributed by atoms with Gasteiger partial charge in [-0.15, -0.1) is 0 Å². The molecule has 4 rings (SSSR count). The zero-order valence-electron chi connectivity index (χ0n) is 17.0. The van der Waals surface area contributed by atoms with Gasteiger partial charge in [0.25, 0.3) is 0 Å². The lowest BCUT2D eigenvalue weighted by atomic mass is 9.98. The molecule has 0 radical (unpaired) electrons. The summed E-state index contributed by atoms with van der Waals surface area (Å²) in [6, 6.07) is 15.9. The molecular formula is C24H24N2O4. The van der Waals surface area contributed by atoms with Crippen molar-refractivity contribution in [2.24, 2.45) is 5.92 Å². The number of carbonyl (C=O) groups excluding carboxylic acids is 2. The molecule has 1 amide bonds. The van der Waals surface area contributed by atoms with E-state index in [4.69, 9.17) is 9.15 Å². The van der Waals surface area contributed by atoms with Crippen LogP contribution in [0.1, 0.15) is 59.7 Å². The first-order valence-corrected chi connectivity index (χ1v) is 10.1. The van der Waals surface area contributed by atoms with Crippen molar-refractivity contribution < 1.29 is 18.7 Å². The third-order valence-electron chi connectivity index (χ3n) is 5.76. The van der Waals surface area contributed by atoms with Gasteiger partial charge in [-0.25, -0.2) is 9.78 Å². The van der Waals surface area contributed by atoms with Gasteiger partial charge in [-0.3, -0.25) is 4.79 Å². The van der Waals surface area contributed by atoms with Crippen molar-refractivity contribution in [2.75, 3.05) is 6.61 Å². The van der Waals surface area contributed by atoms with Gasteiger partial charge in [0.1, 0.15) is 24.6 Å². The van der Waals surface area contributed by atoms with E-state index in [9.17, 15) is 9.59 Å². The number of carbonyl (C=O) groups is 2. The van der Waals surface area contributed by atoms with Crippen LogP contribution in [0.25, 0.3) is 11.1 Å². The number of nitrogens with one attached hydrogen (secondary N) is 1. The molecule has 0 aliphatic heterocycles.